The van der Waals surface area contributed by atoms with Crippen LogP contribution in [0, 0.1) is 5.92 Å². The normalized spacial score (nSPS) is 34.2. The van der Waals surface area contributed by atoms with E-state index < -0.39 is 6.54 Å². The molecular weight excluding hydrogens is 135 g/mol. The van der Waals surface area contributed by atoms with Gasteiger partial charge in [-0.15, -0.1) is 0 Å². The van der Waals surface area contributed by atoms with Crippen LogP contribution in [0.2, 0.25) is 0 Å². The van der Waals surface area contributed by atoms with Crippen molar-refractivity contribution in [3.8, 4) is 0 Å². The summed E-state index contributed by atoms with van der Waals surface area (Å²) in [6.45, 7) is 1.64. The maximum Gasteiger partial charge on any atom is 0.309 e. The van der Waals surface area contributed by atoms with Crippen LogP contribution in [0.3, 0.4) is 0 Å². The average molecular weight is 148 g/mol. The van der Waals surface area contributed by atoms with Gasteiger partial charge in [-0.1, -0.05) is 13.3 Å². The molecule has 0 radical (unpaired) electrons. The SMILES string of the molecule is CCCC1COC(F)OC1. The Labute approximate surface area is 60.3 Å². The molecule has 0 amide bonds. The van der Waals surface area contributed by atoms with E-state index in [1.54, 1.807) is 0 Å². The molecule has 0 unspecified atom stereocenters. The highest BCUT2D eigenvalue weighted by molar-refractivity contribution is 4.58. The number of halogens is 1. The molecule has 0 saturated carbocycles. The summed E-state index contributed by atoms with van der Waals surface area (Å²) in [6, 6.07) is 0. The Morgan fingerprint density at radius 1 is 1.40 bits per heavy atom. The van der Waals surface area contributed by atoms with Gasteiger partial charge in [-0.05, 0) is 6.42 Å². The van der Waals surface area contributed by atoms with Crippen LogP contribution in [0.5, 0.6) is 0 Å². The van der Waals surface area contributed by atoms with Gasteiger partial charge in [-0.3, -0.25) is 0 Å². The molecule has 0 aromatic carbocycles. The zero-order chi connectivity index (χ0) is 7.40. The Morgan fingerprint density at radius 2 is 2.00 bits per heavy atom. The number of hydrogen-bond acceptors (Lipinski definition) is 2. The maximum atomic E-state index is 12.2. The standard InChI is InChI=1S/C7H13FO2/c1-2-3-6-4-9-7(8)10-5-6/h6-7H,2-5H2,1H3. The monoisotopic (exact) mass is 148 g/mol. The number of alkyl halides is 1. The van der Waals surface area contributed by atoms with Gasteiger partial charge >= 0.3 is 6.54 Å². The topological polar surface area (TPSA) is 18.5 Å². The zero-order valence-electron chi connectivity index (χ0n) is 6.18. The van der Waals surface area contributed by atoms with Crippen LogP contribution < -0.4 is 0 Å². The maximum absolute atomic E-state index is 12.2. The molecule has 1 rings (SSSR count). The number of hydrogen-bond donors (Lipinski definition) is 0. The van der Waals surface area contributed by atoms with Gasteiger partial charge in [0, 0.05) is 5.92 Å². The van der Waals surface area contributed by atoms with Gasteiger partial charge in [0.2, 0.25) is 0 Å². The van der Waals surface area contributed by atoms with Crippen molar-refractivity contribution in [2.24, 2.45) is 5.92 Å². The largest absolute Gasteiger partial charge is 0.326 e. The fourth-order valence-electron chi connectivity index (χ4n) is 1.09. The Kier molecular flexibility index (Phi) is 3.09. The Balaban J connectivity index is 2.13. The molecule has 0 aromatic heterocycles. The van der Waals surface area contributed by atoms with E-state index in [0.717, 1.165) is 12.8 Å². The van der Waals surface area contributed by atoms with Gasteiger partial charge in [0.1, 0.15) is 0 Å². The Morgan fingerprint density at radius 3 is 2.50 bits per heavy atom. The Hall–Kier alpha value is -0.150. The summed E-state index contributed by atoms with van der Waals surface area (Å²) < 4.78 is 21.5. The van der Waals surface area contributed by atoms with Crippen molar-refractivity contribution in [2.75, 3.05) is 13.2 Å². The van der Waals surface area contributed by atoms with E-state index in [2.05, 4.69) is 16.4 Å². The number of ether oxygens (including phenoxy) is 2. The lowest BCUT2D eigenvalue weighted by Gasteiger charge is -2.24. The molecule has 10 heavy (non-hydrogen) atoms. The van der Waals surface area contributed by atoms with Crippen molar-refractivity contribution in [3.05, 3.63) is 0 Å². The van der Waals surface area contributed by atoms with Crippen LogP contribution in [0.15, 0.2) is 0 Å². The highest BCUT2D eigenvalue weighted by Gasteiger charge is 2.20. The highest BCUT2D eigenvalue weighted by Crippen LogP contribution is 2.15. The predicted molar refractivity (Wildman–Crippen MR) is 35.2 cm³/mol. The molecular formula is C7H13FO2. The molecule has 0 bridgehead atoms. The van der Waals surface area contributed by atoms with Gasteiger partial charge < -0.3 is 9.47 Å². The van der Waals surface area contributed by atoms with E-state index >= 15 is 0 Å². The lowest BCUT2D eigenvalue weighted by Crippen LogP contribution is -2.29. The van der Waals surface area contributed by atoms with Crippen molar-refractivity contribution in [2.45, 2.75) is 26.3 Å². The minimum atomic E-state index is -1.48. The van der Waals surface area contributed by atoms with Crippen molar-refractivity contribution < 1.29 is 13.9 Å². The predicted octanol–water partition coefficient (Wildman–Crippen LogP) is 1.70. The highest BCUT2D eigenvalue weighted by atomic mass is 19.2. The first-order valence-electron chi connectivity index (χ1n) is 3.70. The molecule has 1 aliphatic heterocycles. The van der Waals surface area contributed by atoms with Crippen molar-refractivity contribution in [1.29, 1.82) is 0 Å². The lowest BCUT2D eigenvalue weighted by atomic mass is 10.1. The van der Waals surface area contributed by atoms with Crippen molar-refractivity contribution in [1.82, 2.24) is 0 Å². The van der Waals surface area contributed by atoms with Crippen LogP contribution in [-0.4, -0.2) is 19.8 Å². The molecule has 0 aliphatic carbocycles. The van der Waals surface area contributed by atoms with Gasteiger partial charge in [0.25, 0.3) is 0 Å². The van der Waals surface area contributed by atoms with Gasteiger partial charge in [-0.2, -0.15) is 4.39 Å². The molecule has 0 N–H and O–H groups in total. The van der Waals surface area contributed by atoms with Crippen molar-refractivity contribution >= 4 is 0 Å². The van der Waals surface area contributed by atoms with Gasteiger partial charge in [0.15, 0.2) is 0 Å². The van der Waals surface area contributed by atoms with Crippen LogP contribution in [0.4, 0.5) is 4.39 Å². The number of rotatable bonds is 2. The fourth-order valence-corrected chi connectivity index (χ4v) is 1.09. The third-order valence-corrected chi connectivity index (χ3v) is 1.62. The minimum absolute atomic E-state index is 0.400. The quantitative estimate of drug-likeness (QED) is 0.593. The Bertz CT molecular complexity index is 89.6. The fraction of sp³-hybridized carbons (Fsp3) is 1.00. The summed E-state index contributed by atoms with van der Waals surface area (Å²) in [7, 11) is 0. The summed E-state index contributed by atoms with van der Waals surface area (Å²) in [4.78, 5) is 0. The summed E-state index contributed by atoms with van der Waals surface area (Å²) in [5, 5.41) is 0. The smallest absolute Gasteiger partial charge is 0.309 e. The van der Waals surface area contributed by atoms with Gasteiger partial charge in [-0.25, -0.2) is 0 Å². The second-order valence-electron chi connectivity index (χ2n) is 2.60. The minimum Gasteiger partial charge on any atom is -0.326 e. The van der Waals surface area contributed by atoms with E-state index in [0.29, 0.717) is 19.1 Å². The first kappa shape index (κ1) is 7.95. The molecule has 0 aromatic rings. The first-order chi connectivity index (χ1) is 4.83. The molecule has 1 heterocycles. The van der Waals surface area contributed by atoms with E-state index in [-0.39, 0.29) is 0 Å². The lowest BCUT2D eigenvalue weighted by molar-refractivity contribution is -0.264. The molecule has 1 fully saturated rings. The van der Waals surface area contributed by atoms with Crippen molar-refractivity contribution in [3.63, 3.8) is 0 Å². The molecule has 60 valence electrons. The first-order valence-corrected chi connectivity index (χ1v) is 3.70. The summed E-state index contributed by atoms with van der Waals surface area (Å²) in [6.07, 6.45) is 2.17. The second kappa shape index (κ2) is 3.88. The van der Waals surface area contributed by atoms with Crippen LogP contribution in [0.1, 0.15) is 19.8 Å². The third-order valence-electron chi connectivity index (χ3n) is 1.62. The second-order valence-corrected chi connectivity index (χ2v) is 2.60. The van der Waals surface area contributed by atoms with Crippen LogP contribution >= 0.6 is 0 Å². The van der Waals surface area contributed by atoms with E-state index in [1.165, 1.54) is 0 Å². The summed E-state index contributed by atoms with van der Waals surface area (Å²) in [5.41, 5.74) is 0. The molecule has 0 spiro atoms. The van der Waals surface area contributed by atoms with E-state index in [4.69, 9.17) is 0 Å². The molecule has 1 aliphatic rings. The van der Waals surface area contributed by atoms with Crippen LogP contribution in [0.25, 0.3) is 0 Å². The van der Waals surface area contributed by atoms with E-state index in [9.17, 15) is 4.39 Å². The summed E-state index contributed by atoms with van der Waals surface area (Å²) in [5.74, 6) is 0.400. The zero-order valence-corrected chi connectivity index (χ0v) is 6.18. The molecule has 2 nitrogen and oxygen atoms in total. The molecule has 3 heteroatoms. The average Bonchev–Trinajstić information content (AvgIpc) is 1.95. The van der Waals surface area contributed by atoms with E-state index in [1.807, 2.05) is 0 Å². The molecule has 1 saturated heterocycles. The third kappa shape index (κ3) is 2.23. The molecule has 0 atom stereocenters. The van der Waals surface area contributed by atoms with Gasteiger partial charge in [0.05, 0.1) is 13.2 Å². The summed E-state index contributed by atoms with van der Waals surface area (Å²) >= 11 is 0. The van der Waals surface area contributed by atoms with Crippen LogP contribution in [-0.2, 0) is 9.47 Å².